The van der Waals surface area contributed by atoms with Gasteiger partial charge in [0.1, 0.15) is 0 Å². The molecule has 0 saturated heterocycles. The fraction of sp³-hybridized carbons (Fsp3) is 0.364. The lowest BCUT2D eigenvalue weighted by Gasteiger charge is -2.03. The van der Waals surface area contributed by atoms with Crippen LogP contribution in [0.3, 0.4) is 0 Å². The molecule has 0 saturated carbocycles. The SMILES string of the molecule is CCc1ccc(S(=O)(=O)CCC(=O)Cl)cc1. The van der Waals surface area contributed by atoms with E-state index in [0.717, 1.165) is 12.0 Å². The maximum atomic E-state index is 11.7. The highest BCUT2D eigenvalue weighted by Crippen LogP contribution is 2.14. The third kappa shape index (κ3) is 3.61. The van der Waals surface area contributed by atoms with Gasteiger partial charge in [-0.25, -0.2) is 8.42 Å². The third-order valence-electron chi connectivity index (χ3n) is 2.26. The first-order chi connectivity index (χ1) is 7.45. The summed E-state index contributed by atoms with van der Waals surface area (Å²) in [6, 6.07) is 6.67. The Morgan fingerprint density at radius 1 is 1.25 bits per heavy atom. The number of benzene rings is 1. The van der Waals surface area contributed by atoms with Gasteiger partial charge in [0.15, 0.2) is 9.84 Å². The van der Waals surface area contributed by atoms with Gasteiger partial charge in [0.2, 0.25) is 5.24 Å². The first-order valence-electron chi connectivity index (χ1n) is 4.95. The quantitative estimate of drug-likeness (QED) is 0.763. The van der Waals surface area contributed by atoms with Gasteiger partial charge in [-0.3, -0.25) is 4.79 Å². The highest BCUT2D eigenvalue weighted by atomic mass is 35.5. The molecule has 3 nitrogen and oxygen atoms in total. The van der Waals surface area contributed by atoms with E-state index in [1.807, 2.05) is 6.92 Å². The number of carbonyl (C=O) groups excluding carboxylic acids is 1. The van der Waals surface area contributed by atoms with Crippen LogP contribution >= 0.6 is 11.6 Å². The number of hydrogen-bond donors (Lipinski definition) is 0. The summed E-state index contributed by atoms with van der Waals surface area (Å²) in [6.45, 7) is 2.00. The molecule has 1 aromatic rings. The number of sulfone groups is 1. The van der Waals surface area contributed by atoms with E-state index in [2.05, 4.69) is 0 Å². The molecular weight excluding hydrogens is 248 g/mol. The summed E-state index contributed by atoms with van der Waals surface area (Å²) in [5.41, 5.74) is 1.08. The van der Waals surface area contributed by atoms with Gasteiger partial charge < -0.3 is 0 Å². The van der Waals surface area contributed by atoms with Gasteiger partial charge in [-0.1, -0.05) is 19.1 Å². The molecule has 0 spiro atoms. The lowest BCUT2D eigenvalue weighted by Crippen LogP contribution is -2.09. The lowest BCUT2D eigenvalue weighted by atomic mass is 10.2. The van der Waals surface area contributed by atoms with Crippen LogP contribution in [0, 0.1) is 0 Å². The van der Waals surface area contributed by atoms with Crippen molar-refractivity contribution in [3.05, 3.63) is 29.8 Å². The molecule has 0 bridgehead atoms. The second-order valence-electron chi connectivity index (χ2n) is 3.42. The average molecular weight is 261 g/mol. The lowest BCUT2D eigenvalue weighted by molar-refractivity contribution is -0.111. The monoisotopic (exact) mass is 260 g/mol. The van der Waals surface area contributed by atoms with E-state index in [-0.39, 0.29) is 17.1 Å². The predicted octanol–water partition coefficient (Wildman–Crippen LogP) is 2.18. The first-order valence-corrected chi connectivity index (χ1v) is 6.99. The Hall–Kier alpha value is -0.870. The van der Waals surface area contributed by atoms with E-state index < -0.39 is 15.1 Å². The van der Waals surface area contributed by atoms with E-state index in [1.165, 1.54) is 0 Å². The molecule has 0 fully saturated rings. The van der Waals surface area contributed by atoms with E-state index >= 15 is 0 Å². The molecule has 88 valence electrons. The summed E-state index contributed by atoms with van der Waals surface area (Å²) in [4.78, 5) is 10.8. The first kappa shape index (κ1) is 13.2. The molecule has 0 aliphatic heterocycles. The molecular formula is C11H13ClO3S. The predicted molar refractivity (Wildman–Crippen MR) is 63.3 cm³/mol. The third-order valence-corrected chi connectivity index (χ3v) is 4.18. The molecule has 0 amide bonds. The Kier molecular flexibility index (Phi) is 4.50. The molecule has 0 radical (unpaired) electrons. The normalized spacial score (nSPS) is 11.4. The van der Waals surface area contributed by atoms with Crippen molar-refractivity contribution in [2.75, 3.05) is 5.75 Å². The minimum atomic E-state index is -3.39. The maximum Gasteiger partial charge on any atom is 0.222 e. The van der Waals surface area contributed by atoms with Crippen LogP contribution in [0.5, 0.6) is 0 Å². The van der Waals surface area contributed by atoms with Gasteiger partial charge >= 0.3 is 0 Å². The van der Waals surface area contributed by atoms with Gasteiger partial charge in [-0.15, -0.1) is 0 Å². The van der Waals surface area contributed by atoms with Gasteiger partial charge in [-0.05, 0) is 35.7 Å². The van der Waals surface area contributed by atoms with Crippen molar-refractivity contribution >= 4 is 26.7 Å². The zero-order valence-electron chi connectivity index (χ0n) is 8.94. The zero-order valence-corrected chi connectivity index (χ0v) is 10.5. The van der Waals surface area contributed by atoms with Gasteiger partial charge in [0.25, 0.3) is 0 Å². The van der Waals surface area contributed by atoms with Gasteiger partial charge in [0.05, 0.1) is 10.6 Å². The van der Waals surface area contributed by atoms with Crippen LogP contribution in [0.2, 0.25) is 0 Å². The van der Waals surface area contributed by atoms with Crippen LogP contribution in [0.4, 0.5) is 0 Å². The highest BCUT2D eigenvalue weighted by molar-refractivity contribution is 7.91. The van der Waals surface area contributed by atoms with Crippen molar-refractivity contribution in [2.45, 2.75) is 24.7 Å². The Balaban J connectivity index is 2.85. The summed E-state index contributed by atoms with van der Waals surface area (Å²) in [5.74, 6) is -0.235. The van der Waals surface area contributed by atoms with Crippen LogP contribution in [-0.4, -0.2) is 19.4 Å². The Morgan fingerprint density at radius 2 is 1.81 bits per heavy atom. The van der Waals surface area contributed by atoms with Crippen molar-refractivity contribution in [3.63, 3.8) is 0 Å². The standard InChI is InChI=1S/C11H13ClO3S/c1-2-9-3-5-10(6-4-9)16(14,15)8-7-11(12)13/h3-6H,2,7-8H2,1H3. The van der Waals surface area contributed by atoms with Crippen LogP contribution in [-0.2, 0) is 21.1 Å². The summed E-state index contributed by atoms with van der Waals surface area (Å²) in [6.07, 6.45) is 0.708. The second-order valence-corrected chi connectivity index (χ2v) is 5.95. The van der Waals surface area contributed by atoms with Crippen molar-refractivity contribution in [3.8, 4) is 0 Å². The molecule has 0 heterocycles. The van der Waals surface area contributed by atoms with Crippen molar-refractivity contribution in [2.24, 2.45) is 0 Å². The summed E-state index contributed by atoms with van der Waals surface area (Å²) < 4.78 is 23.5. The number of hydrogen-bond acceptors (Lipinski definition) is 3. The van der Waals surface area contributed by atoms with Crippen molar-refractivity contribution in [1.82, 2.24) is 0 Å². The minimum Gasteiger partial charge on any atom is -0.281 e. The molecule has 0 aromatic heterocycles. The van der Waals surface area contributed by atoms with Gasteiger partial charge in [0, 0.05) is 6.42 Å². The highest BCUT2D eigenvalue weighted by Gasteiger charge is 2.15. The summed E-state index contributed by atoms with van der Waals surface area (Å²) >= 11 is 5.12. The molecule has 0 N–H and O–H groups in total. The van der Waals surface area contributed by atoms with Crippen LogP contribution in [0.15, 0.2) is 29.2 Å². The van der Waals surface area contributed by atoms with Gasteiger partial charge in [-0.2, -0.15) is 0 Å². The van der Waals surface area contributed by atoms with E-state index in [4.69, 9.17) is 11.6 Å². The maximum absolute atomic E-state index is 11.7. The van der Waals surface area contributed by atoms with Crippen LogP contribution < -0.4 is 0 Å². The van der Waals surface area contributed by atoms with E-state index in [1.54, 1.807) is 24.3 Å². The van der Waals surface area contributed by atoms with Crippen LogP contribution in [0.1, 0.15) is 18.9 Å². The molecule has 0 atom stereocenters. The molecule has 5 heteroatoms. The molecule has 0 aliphatic carbocycles. The topological polar surface area (TPSA) is 51.2 Å². The summed E-state index contributed by atoms with van der Waals surface area (Å²) in [7, 11) is -3.39. The van der Waals surface area contributed by atoms with Crippen molar-refractivity contribution in [1.29, 1.82) is 0 Å². The number of halogens is 1. The smallest absolute Gasteiger partial charge is 0.222 e. The second kappa shape index (κ2) is 5.46. The number of carbonyl (C=O) groups is 1. The summed E-state index contributed by atoms with van der Waals surface area (Å²) in [5, 5.41) is -0.631. The van der Waals surface area contributed by atoms with E-state index in [9.17, 15) is 13.2 Å². The Morgan fingerprint density at radius 3 is 2.25 bits per heavy atom. The fourth-order valence-corrected chi connectivity index (χ4v) is 2.71. The molecule has 1 rings (SSSR count). The number of rotatable bonds is 5. The molecule has 16 heavy (non-hydrogen) atoms. The molecule has 0 unspecified atom stereocenters. The Bertz CT molecular complexity index is 463. The Labute approximate surface area is 100 Å². The number of aryl methyl sites for hydroxylation is 1. The zero-order chi connectivity index (χ0) is 12.2. The minimum absolute atomic E-state index is 0.153. The van der Waals surface area contributed by atoms with Crippen LogP contribution in [0.25, 0.3) is 0 Å². The molecule has 1 aromatic carbocycles. The largest absolute Gasteiger partial charge is 0.281 e. The molecule has 0 aliphatic rings. The van der Waals surface area contributed by atoms with Crippen molar-refractivity contribution < 1.29 is 13.2 Å². The van der Waals surface area contributed by atoms with E-state index in [0.29, 0.717) is 0 Å². The fourth-order valence-electron chi connectivity index (χ4n) is 1.26. The average Bonchev–Trinajstić information content (AvgIpc) is 2.27.